The van der Waals surface area contributed by atoms with Gasteiger partial charge in [0.1, 0.15) is 5.75 Å². The molecule has 0 bridgehead atoms. The van der Waals surface area contributed by atoms with Crippen molar-refractivity contribution < 1.29 is 14.3 Å². The smallest absolute Gasteiger partial charge is 0.265 e. The second-order valence-corrected chi connectivity index (χ2v) is 6.33. The monoisotopic (exact) mass is 380 g/mol. The summed E-state index contributed by atoms with van der Waals surface area (Å²) in [4.78, 5) is 23.6. The first kappa shape index (κ1) is 19.1. The molecule has 0 saturated heterocycles. The molecule has 0 radical (unpaired) electrons. The molecule has 5 nitrogen and oxygen atoms in total. The van der Waals surface area contributed by atoms with Gasteiger partial charge in [-0.15, -0.1) is 0 Å². The Hall–Kier alpha value is -2.24. The molecule has 2 N–H and O–H groups in total. The summed E-state index contributed by atoms with van der Waals surface area (Å²) in [5.41, 5.74) is 1.98. The Morgan fingerprint density at radius 1 is 1.08 bits per heavy atom. The second-order valence-electron chi connectivity index (χ2n) is 5.48. The van der Waals surface area contributed by atoms with Gasteiger partial charge in [0.15, 0.2) is 6.10 Å². The molecule has 0 spiro atoms. The van der Waals surface area contributed by atoms with Crippen molar-refractivity contribution in [3.05, 3.63) is 52.0 Å². The Morgan fingerprint density at radius 2 is 1.72 bits per heavy atom. The van der Waals surface area contributed by atoms with Crippen molar-refractivity contribution in [2.45, 2.75) is 26.9 Å². The maximum Gasteiger partial charge on any atom is 0.265 e. The number of amides is 2. The SMILES string of the molecule is CC(=O)Nc1cccc(NC(=O)C(C)Oc2ccc(Cl)cc2Cl)c1C. The van der Waals surface area contributed by atoms with Gasteiger partial charge in [-0.25, -0.2) is 0 Å². The first-order chi connectivity index (χ1) is 11.8. The largest absolute Gasteiger partial charge is 0.479 e. The van der Waals surface area contributed by atoms with Crippen LogP contribution in [0.2, 0.25) is 10.0 Å². The quantitative estimate of drug-likeness (QED) is 0.791. The normalized spacial score (nSPS) is 11.6. The van der Waals surface area contributed by atoms with Gasteiger partial charge >= 0.3 is 0 Å². The lowest BCUT2D eigenvalue weighted by Gasteiger charge is -2.17. The minimum absolute atomic E-state index is 0.180. The van der Waals surface area contributed by atoms with Gasteiger partial charge in [-0.2, -0.15) is 0 Å². The van der Waals surface area contributed by atoms with Crippen LogP contribution in [0.4, 0.5) is 11.4 Å². The van der Waals surface area contributed by atoms with Crippen molar-refractivity contribution in [1.82, 2.24) is 0 Å². The van der Waals surface area contributed by atoms with Gasteiger partial charge in [-0.1, -0.05) is 29.3 Å². The molecule has 2 aromatic carbocycles. The number of hydrogen-bond donors (Lipinski definition) is 2. The summed E-state index contributed by atoms with van der Waals surface area (Å²) in [6, 6.07) is 10.0. The molecule has 0 aliphatic rings. The van der Waals surface area contributed by atoms with Gasteiger partial charge in [0.2, 0.25) is 5.91 Å². The summed E-state index contributed by atoms with van der Waals surface area (Å²) in [6.45, 7) is 4.85. The molecule has 7 heteroatoms. The number of carbonyl (C=O) groups is 2. The number of hydrogen-bond acceptors (Lipinski definition) is 3. The number of halogens is 2. The fourth-order valence-electron chi connectivity index (χ4n) is 2.15. The number of nitrogens with one attached hydrogen (secondary N) is 2. The molecular formula is C18H18Cl2N2O3. The van der Waals surface area contributed by atoms with Crippen LogP contribution in [0, 0.1) is 6.92 Å². The van der Waals surface area contributed by atoms with E-state index in [9.17, 15) is 9.59 Å². The standard InChI is InChI=1S/C18H18Cl2N2O3/c1-10-15(21-12(3)23)5-4-6-16(10)22-18(24)11(2)25-17-8-7-13(19)9-14(17)20/h4-9,11H,1-3H3,(H,21,23)(H,22,24). The van der Waals surface area contributed by atoms with Crippen LogP contribution in [0.5, 0.6) is 5.75 Å². The van der Waals surface area contributed by atoms with Crippen molar-refractivity contribution in [2.75, 3.05) is 10.6 Å². The van der Waals surface area contributed by atoms with E-state index in [1.165, 1.54) is 6.92 Å². The highest BCUT2D eigenvalue weighted by Crippen LogP contribution is 2.29. The second kappa shape index (κ2) is 8.23. The highest BCUT2D eigenvalue weighted by atomic mass is 35.5. The number of benzene rings is 2. The Labute approximate surface area is 156 Å². The van der Waals surface area contributed by atoms with Crippen molar-refractivity contribution in [3.63, 3.8) is 0 Å². The summed E-state index contributed by atoms with van der Waals surface area (Å²) < 4.78 is 5.60. The molecule has 25 heavy (non-hydrogen) atoms. The van der Waals surface area contributed by atoms with E-state index >= 15 is 0 Å². The molecule has 0 aliphatic heterocycles. The Bertz CT molecular complexity index is 809. The zero-order valence-electron chi connectivity index (χ0n) is 14.0. The summed E-state index contributed by atoms with van der Waals surface area (Å²) in [7, 11) is 0. The molecule has 0 aliphatic carbocycles. The Kier molecular flexibility index (Phi) is 6.28. The summed E-state index contributed by atoms with van der Waals surface area (Å²) in [6.07, 6.45) is -0.775. The van der Waals surface area contributed by atoms with Crippen LogP contribution >= 0.6 is 23.2 Å². The van der Waals surface area contributed by atoms with Gasteiger partial charge in [0.05, 0.1) is 5.02 Å². The summed E-state index contributed by atoms with van der Waals surface area (Å²) in [5.74, 6) is -0.146. The molecule has 1 atom stereocenters. The fraction of sp³-hybridized carbons (Fsp3) is 0.222. The van der Waals surface area contributed by atoms with Gasteiger partial charge in [-0.3, -0.25) is 9.59 Å². The molecule has 0 aromatic heterocycles. The summed E-state index contributed by atoms with van der Waals surface area (Å²) >= 11 is 11.9. The van der Waals surface area contributed by atoms with Crippen LogP contribution in [0.1, 0.15) is 19.4 Å². The molecule has 0 fully saturated rings. The average Bonchev–Trinajstić information content (AvgIpc) is 2.53. The molecule has 132 valence electrons. The topological polar surface area (TPSA) is 67.4 Å². The van der Waals surface area contributed by atoms with Crippen LogP contribution in [-0.2, 0) is 9.59 Å². The first-order valence-electron chi connectivity index (χ1n) is 7.57. The summed E-state index contributed by atoms with van der Waals surface area (Å²) in [5, 5.41) is 6.32. The predicted molar refractivity (Wildman–Crippen MR) is 101 cm³/mol. The molecule has 2 aromatic rings. The van der Waals surface area contributed by atoms with E-state index in [0.717, 1.165) is 5.56 Å². The lowest BCUT2D eigenvalue weighted by atomic mass is 10.1. The van der Waals surface area contributed by atoms with Crippen LogP contribution < -0.4 is 15.4 Å². The van der Waals surface area contributed by atoms with E-state index in [1.54, 1.807) is 43.3 Å². The number of carbonyl (C=O) groups excluding carboxylic acids is 2. The van der Waals surface area contributed by atoms with E-state index in [4.69, 9.17) is 27.9 Å². The van der Waals surface area contributed by atoms with E-state index in [1.807, 2.05) is 6.92 Å². The number of ether oxygens (including phenoxy) is 1. The third-order valence-electron chi connectivity index (χ3n) is 3.47. The van der Waals surface area contributed by atoms with Crippen molar-refractivity contribution >= 4 is 46.4 Å². The van der Waals surface area contributed by atoms with Crippen molar-refractivity contribution in [2.24, 2.45) is 0 Å². The molecule has 1 unspecified atom stereocenters. The minimum atomic E-state index is -0.775. The van der Waals surface area contributed by atoms with E-state index in [2.05, 4.69) is 10.6 Å². The Morgan fingerprint density at radius 3 is 2.32 bits per heavy atom. The van der Waals surface area contributed by atoms with E-state index in [0.29, 0.717) is 27.2 Å². The molecule has 0 heterocycles. The maximum atomic E-state index is 12.4. The number of rotatable bonds is 5. The predicted octanol–water partition coefficient (Wildman–Crippen LogP) is 4.67. The highest BCUT2D eigenvalue weighted by molar-refractivity contribution is 6.35. The molecular weight excluding hydrogens is 363 g/mol. The van der Waals surface area contributed by atoms with Crippen LogP contribution in [0.3, 0.4) is 0 Å². The zero-order chi connectivity index (χ0) is 18.6. The fourth-order valence-corrected chi connectivity index (χ4v) is 2.60. The average molecular weight is 381 g/mol. The maximum absolute atomic E-state index is 12.4. The molecule has 2 rings (SSSR count). The van der Waals surface area contributed by atoms with Crippen molar-refractivity contribution in [1.29, 1.82) is 0 Å². The minimum Gasteiger partial charge on any atom is -0.479 e. The van der Waals surface area contributed by atoms with Crippen molar-refractivity contribution in [3.8, 4) is 5.75 Å². The lowest BCUT2D eigenvalue weighted by Crippen LogP contribution is -2.30. The van der Waals surface area contributed by atoms with Gasteiger partial charge in [0.25, 0.3) is 5.91 Å². The van der Waals surface area contributed by atoms with Gasteiger partial charge < -0.3 is 15.4 Å². The van der Waals surface area contributed by atoms with E-state index < -0.39 is 6.10 Å². The highest BCUT2D eigenvalue weighted by Gasteiger charge is 2.18. The third kappa shape index (κ3) is 5.11. The third-order valence-corrected chi connectivity index (χ3v) is 4.00. The van der Waals surface area contributed by atoms with Gasteiger partial charge in [-0.05, 0) is 49.7 Å². The van der Waals surface area contributed by atoms with Crippen LogP contribution in [0.15, 0.2) is 36.4 Å². The molecule has 2 amide bonds. The van der Waals surface area contributed by atoms with E-state index in [-0.39, 0.29) is 11.8 Å². The molecule has 0 saturated carbocycles. The first-order valence-corrected chi connectivity index (χ1v) is 8.33. The lowest BCUT2D eigenvalue weighted by molar-refractivity contribution is -0.122. The number of anilines is 2. The van der Waals surface area contributed by atoms with Crippen LogP contribution in [0.25, 0.3) is 0 Å². The van der Waals surface area contributed by atoms with Crippen LogP contribution in [-0.4, -0.2) is 17.9 Å². The Balaban J connectivity index is 2.09. The zero-order valence-corrected chi connectivity index (χ0v) is 15.5. The van der Waals surface area contributed by atoms with Gasteiger partial charge in [0, 0.05) is 23.3 Å².